The zero-order chi connectivity index (χ0) is 24.0. The van der Waals surface area contributed by atoms with E-state index in [0.717, 1.165) is 27.6 Å². The number of nitrogens with zero attached hydrogens (tertiary/aromatic N) is 3. The molecular weight excluding hydrogens is 522 g/mol. The Hall–Kier alpha value is -2.36. The van der Waals surface area contributed by atoms with Crippen LogP contribution in [0.2, 0.25) is 0 Å². The Kier molecular flexibility index (Phi) is 6.32. The summed E-state index contributed by atoms with van der Waals surface area (Å²) in [5.41, 5.74) is 3.19. The summed E-state index contributed by atoms with van der Waals surface area (Å²) < 4.78 is 30.4. The molecule has 2 aromatic carbocycles. The third kappa shape index (κ3) is 4.29. The molecule has 2 aliphatic rings. The van der Waals surface area contributed by atoms with Crippen molar-refractivity contribution in [3.63, 3.8) is 0 Å². The van der Waals surface area contributed by atoms with E-state index in [1.54, 1.807) is 25.1 Å². The number of carbonyl (C=O) groups is 1. The average Bonchev–Trinajstić information content (AvgIpc) is 3.16. The van der Waals surface area contributed by atoms with Crippen LogP contribution in [-0.4, -0.2) is 38.0 Å². The Balaban J connectivity index is 1.68. The number of sulfonamides is 1. The number of fused-ring (bicyclic) bond motifs is 1. The van der Waals surface area contributed by atoms with Gasteiger partial charge in [-0.3, -0.25) is 9.69 Å². The summed E-state index contributed by atoms with van der Waals surface area (Å²) in [5, 5.41) is 0.164. The second kappa shape index (κ2) is 8.77. The Bertz CT molecular complexity index is 1310. The number of hydrogen-bond acceptors (Lipinski definition) is 5. The minimum atomic E-state index is -3.94. The zero-order valence-corrected chi connectivity index (χ0v) is 22.0. The maximum Gasteiger partial charge on any atom is 0.284 e. The summed E-state index contributed by atoms with van der Waals surface area (Å²) in [6.45, 7) is 6.43. The number of thioether (sulfide) groups is 1. The number of anilines is 1. The van der Waals surface area contributed by atoms with Crippen LogP contribution in [-0.2, 0) is 20.2 Å². The van der Waals surface area contributed by atoms with Crippen LogP contribution >= 0.6 is 27.7 Å². The predicted octanol–water partition coefficient (Wildman–Crippen LogP) is 5.28. The molecule has 1 fully saturated rings. The molecule has 4 rings (SSSR count). The van der Waals surface area contributed by atoms with E-state index in [1.807, 2.05) is 25.3 Å². The van der Waals surface area contributed by atoms with Gasteiger partial charge in [0.25, 0.3) is 15.9 Å². The Labute approximate surface area is 207 Å². The number of rotatable bonds is 4. The van der Waals surface area contributed by atoms with Crippen LogP contribution in [0.25, 0.3) is 0 Å². The van der Waals surface area contributed by atoms with Crippen molar-refractivity contribution in [3.05, 3.63) is 81.3 Å². The van der Waals surface area contributed by atoms with Gasteiger partial charge in [-0.1, -0.05) is 48.0 Å². The van der Waals surface area contributed by atoms with E-state index in [9.17, 15) is 13.2 Å². The van der Waals surface area contributed by atoms with Gasteiger partial charge in [-0.25, -0.2) is 0 Å². The van der Waals surface area contributed by atoms with Crippen molar-refractivity contribution in [2.24, 2.45) is 4.40 Å². The highest BCUT2D eigenvalue weighted by molar-refractivity contribution is 9.10. The number of allylic oxidation sites excluding steroid dienone is 3. The Morgan fingerprint density at radius 1 is 1.09 bits per heavy atom. The van der Waals surface area contributed by atoms with E-state index in [4.69, 9.17) is 0 Å². The second-order valence-corrected chi connectivity index (χ2v) is 11.8. The molecule has 9 heteroatoms. The lowest BCUT2D eigenvalue weighted by Crippen LogP contribution is -2.29. The summed E-state index contributed by atoms with van der Waals surface area (Å²) in [5.74, 6) is -0.250. The first-order valence-corrected chi connectivity index (χ1v) is 13.5. The third-order valence-electron chi connectivity index (χ3n) is 5.85. The van der Waals surface area contributed by atoms with Crippen LogP contribution < -0.4 is 4.90 Å². The lowest BCUT2D eigenvalue weighted by atomic mass is 9.84. The molecule has 0 aliphatic carbocycles. The van der Waals surface area contributed by atoms with Gasteiger partial charge in [0.2, 0.25) is 0 Å². The van der Waals surface area contributed by atoms with E-state index < -0.39 is 10.0 Å². The zero-order valence-electron chi connectivity index (χ0n) is 18.7. The fourth-order valence-corrected chi connectivity index (χ4v) is 6.54. The number of para-hydroxylation sites is 1. The first-order valence-electron chi connectivity index (χ1n) is 10.4. The van der Waals surface area contributed by atoms with Gasteiger partial charge in [-0.15, -0.1) is 4.40 Å². The van der Waals surface area contributed by atoms with Gasteiger partial charge in [-0.05, 0) is 66.7 Å². The molecule has 0 radical (unpaired) electrons. The molecule has 2 heterocycles. The molecule has 0 spiro atoms. The topological polar surface area (TPSA) is 70.1 Å². The molecule has 2 aliphatic heterocycles. The van der Waals surface area contributed by atoms with E-state index in [2.05, 4.69) is 51.2 Å². The summed E-state index contributed by atoms with van der Waals surface area (Å²) in [4.78, 5) is 17.0. The van der Waals surface area contributed by atoms with Crippen molar-refractivity contribution in [2.75, 3.05) is 18.5 Å². The molecule has 6 nitrogen and oxygen atoms in total. The van der Waals surface area contributed by atoms with E-state index in [0.29, 0.717) is 11.4 Å². The van der Waals surface area contributed by atoms with E-state index in [1.165, 1.54) is 22.6 Å². The van der Waals surface area contributed by atoms with Gasteiger partial charge in [0.05, 0.1) is 9.80 Å². The number of hydrogen-bond donors (Lipinski definition) is 0. The van der Waals surface area contributed by atoms with Gasteiger partial charge >= 0.3 is 0 Å². The first kappa shape index (κ1) is 23.8. The maximum absolute atomic E-state index is 13.0. The van der Waals surface area contributed by atoms with Crippen LogP contribution in [0.1, 0.15) is 26.3 Å². The number of amidine groups is 1. The van der Waals surface area contributed by atoms with Gasteiger partial charge in [0, 0.05) is 34.9 Å². The van der Waals surface area contributed by atoms with Gasteiger partial charge in [0.1, 0.15) is 0 Å². The molecule has 0 atom stereocenters. The molecule has 172 valence electrons. The van der Waals surface area contributed by atoms with Crippen molar-refractivity contribution in [1.29, 1.82) is 0 Å². The largest absolute Gasteiger partial charge is 0.347 e. The van der Waals surface area contributed by atoms with E-state index >= 15 is 0 Å². The fourth-order valence-electron chi connectivity index (χ4n) is 4.09. The number of likely N-dealkylation sites (N-methyl/N-ethyl adjacent to an activating group) is 2. The van der Waals surface area contributed by atoms with Gasteiger partial charge in [0.15, 0.2) is 5.17 Å². The normalized spacial score (nSPS) is 21.5. The summed E-state index contributed by atoms with van der Waals surface area (Å²) in [6, 6.07) is 14.5. The van der Waals surface area contributed by atoms with Gasteiger partial charge < -0.3 is 4.90 Å². The standard InChI is InChI=1S/C24H24BrN3O3S2/c1-5-28-22(29)20(32-23(28)26-33(30,31)17-12-10-16(25)11-13-17)14-15-21-24(2,3)18-8-6-7-9-19(18)27(21)4/h6-15H,5H2,1-4H3/b20-14-,21-15+,26-23-. The van der Waals surface area contributed by atoms with E-state index in [-0.39, 0.29) is 21.4 Å². The van der Waals surface area contributed by atoms with Crippen molar-refractivity contribution in [1.82, 2.24) is 4.90 Å². The molecule has 0 bridgehead atoms. The fraction of sp³-hybridized carbons (Fsp3) is 0.250. The maximum atomic E-state index is 13.0. The molecule has 2 aromatic rings. The van der Waals surface area contributed by atoms with Crippen LogP contribution in [0.5, 0.6) is 0 Å². The van der Waals surface area contributed by atoms with Crippen molar-refractivity contribution in [3.8, 4) is 0 Å². The van der Waals surface area contributed by atoms with Crippen LogP contribution in [0, 0.1) is 0 Å². The summed E-state index contributed by atoms with van der Waals surface area (Å²) in [7, 11) is -1.93. The van der Waals surface area contributed by atoms with Gasteiger partial charge in [-0.2, -0.15) is 8.42 Å². The highest BCUT2D eigenvalue weighted by Gasteiger charge is 2.38. The van der Waals surface area contributed by atoms with Crippen molar-refractivity contribution >= 4 is 54.5 Å². The average molecular weight is 547 g/mol. The Morgan fingerprint density at radius 3 is 2.39 bits per heavy atom. The minimum Gasteiger partial charge on any atom is -0.347 e. The van der Waals surface area contributed by atoms with Crippen LogP contribution in [0.15, 0.2) is 85.1 Å². The van der Waals surface area contributed by atoms with Crippen molar-refractivity contribution < 1.29 is 13.2 Å². The first-order chi connectivity index (χ1) is 15.6. The molecule has 0 unspecified atom stereocenters. The predicted molar refractivity (Wildman–Crippen MR) is 138 cm³/mol. The Morgan fingerprint density at radius 2 is 1.76 bits per heavy atom. The van der Waals surface area contributed by atoms with Crippen LogP contribution in [0.3, 0.4) is 0 Å². The minimum absolute atomic E-state index is 0.0777. The molecular formula is C24H24BrN3O3S2. The lowest BCUT2D eigenvalue weighted by molar-refractivity contribution is -0.122. The number of carbonyl (C=O) groups excluding carboxylic acids is 1. The van der Waals surface area contributed by atoms with Crippen molar-refractivity contribution in [2.45, 2.75) is 31.1 Å². The molecule has 0 aromatic heterocycles. The molecule has 0 saturated carbocycles. The number of amides is 1. The third-order valence-corrected chi connectivity index (χ3v) is 8.80. The SMILES string of the molecule is CCN1C(=O)/C(=C/C=C2/N(C)c3ccccc3C2(C)C)S/C1=N\S(=O)(=O)c1ccc(Br)cc1. The van der Waals surface area contributed by atoms with Crippen LogP contribution in [0.4, 0.5) is 5.69 Å². The number of halogens is 1. The smallest absolute Gasteiger partial charge is 0.284 e. The molecule has 1 saturated heterocycles. The second-order valence-electron chi connectivity index (χ2n) is 8.24. The monoisotopic (exact) mass is 545 g/mol. The highest BCUT2D eigenvalue weighted by Crippen LogP contribution is 2.46. The number of benzene rings is 2. The quantitative estimate of drug-likeness (QED) is 0.488. The molecule has 1 amide bonds. The summed E-state index contributed by atoms with van der Waals surface area (Å²) in [6.07, 6.45) is 3.71. The summed E-state index contributed by atoms with van der Waals surface area (Å²) >= 11 is 4.38. The molecule has 0 N–H and O–H groups in total. The molecule has 33 heavy (non-hydrogen) atoms. The highest BCUT2D eigenvalue weighted by atomic mass is 79.9. The lowest BCUT2D eigenvalue weighted by Gasteiger charge is -2.23.